The zero-order valence-electron chi connectivity index (χ0n) is 14.4. The van der Waals surface area contributed by atoms with Gasteiger partial charge in [-0.1, -0.05) is 6.07 Å². The van der Waals surface area contributed by atoms with E-state index in [1.165, 1.54) is 10.6 Å². The lowest BCUT2D eigenvalue weighted by molar-refractivity contribution is 0.0963. The van der Waals surface area contributed by atoms with Crippen molar-refractivity contribution >= 4 is 27.6 Å². The topological polar surface area (TPSA) is 108 Å². The Morgan fingerprint density at radius 1 is 1.32 bits per heavy atom. The Bertz CT molecular complexity index is 735. The molecule has 1 saturated heterocycles. The van der Waals surface area contributed by atoms with E-state index in [1.54, 1.807) is 31.3 Å². The SMILES string of the molecule is CNC(=O)c1cccc(NC(=O)NC[C@H]2CCCN(S(C)(=O)=O)C2)c1. The molecule has 0 aliphatic carbocycles. The Morgan fingerprint density at radius 2 is 2.08 bits per heavy atom. The molecule has 0 spiro atoms. The molecule has 0 radical (unpaired) electrons. The van der Waals surface area contributed by atoms with E-state index in [9.17, 15) is 18.0 Å². The van der Waals surface area contributed by atoms with Gasteiger partial charge >= 0.3 is 6.03 Å². The third kappa shape index (κ3) is 5.71. The number of rotatable bonds is 5. The maximum Gasteiger partial charge on any atom is 0.319 e. The maximum atomic E-state index is 12.0. The van der Waals surface area contributed by atoms with Crippen LogP contribution in [0, 0.1) is 5.92 Å². The van der Waals surface area contributed by atoms with Crippen LogP contribution in [0.1, 0.15) is 23.2 Å². The Labute approximate surface area is 148 Å². The second kappa shape index (κ2) is 8.30. The first-order valence-electron chi connectivity index (χ1n) is 8.11. The Morgan fingerprint density at radius 3 is 2.76 bits per heavy atom. The number of piperidine rings is 1. The van der Waals surface area contributed by atoms with Gasteiger partial charge in [-0.15, -0.1) is 0 Å². The molecule has 1 heterocycles. The lowest BCUT2D eigenvalue weighted by Gasteiger charge is -2.30. The highest BCUT2D eigenvalue weighted by molar-refractivity contribution is 7.88. The fraction of sp³-hybridized carbons (Fsp3) is 0.500. The number of sulfonamides is 1. The minimum atomic E-state index is -3.19. The van der Waals surface area contributed by atoms with Crippen LogP contribution in [0.25, 0.3) is 0 Å². The third-order valence-electron chi connectivity index (χ3n) is 4.11. The molecule has 1 fully saturated rings. The van der Waals surface area contributed by atoms with Crippen molar-refractivity contribution in [2.45, 2.75) is 12.8 Å². The molecule has 1 atom stereocenters. The van der Waals surface area contributed by atoms with Crippen LogP contribution in [0.3, 0.4) is 0 Å². The van der Waals surface area contributed by atoms with Crippen molar-refractivity contribution in [2.24, 2.45) is 5.92 Å². The first kappa shape index (κ1) is 19.2. The summed E-state index contributed by atoms with van der Waals surface area (Å²) in [5.41, 5.74) is 0.969. The van der Waals surface area contributed by atoms with Crippen molar-refractivity contribution in [1.29, 1.82) is 0 Å². The highest BCUT2D eigenvalue weighted by atomic mass is 32.2. The van der Waals surface area contributed by atoms with Crippen molar-refractivity contribution in [3.05, 3.63) is 29.8 Å². The van der Waals surface area contributed by atoms with E-state index in [0.717, 1.165) is 12.8 Å². The Balaban J connectivity index is 1.86. The summed E-state index contributed by atoms with van der Waals surface area (Å²) < 4.78 is 24.7. The Kier molecular flexibility index (Phi) is 6.38. The van der Waals surface area contributed by atoms with Crippen molar-refractivity contribution in [3.63, 3.8) is 0 Å². The average molecular weight is 368 g/mol. The zero-order valence-corrected chi connectivity index (χ0v) is 15.2. The summed E-state index contributed by atoms with van der Waals surface area (Å²) in [4.78, 5) is 23.6. The predicted molar refractivity (Wildman–Crippen MR) is 96.0 cm³/mol. The molecule has 138 valence electrons. The average Bonchev–Trinajstić information content (AvgIpc) is 2.59. The smallest absolute Gasteiger partial charge is 0.319 e. The van der Waals surface area contributed by atoms with Gasteiger partial charge in [0.05, 0.1) is 6.26 Å². The van der Waals surface area contributed by atoms with Crippen LogP contribution in [0.5, 0.6) is 0 Å². The number of hydrogen-bond donors (Lipinski definition) is 3. The first-order chi connectivity index (χ1) is 11.8. The van der Waals surface area contributed by atoms with Crippen LogP contribution in [-0.2, 0) is 10.0 Å². The van der Waals surface area contributed by atoms with Gasteiger partial charge in [-0.2, -0.15) is 0 Å². The number of carbonyl (C=O) groups is 2. The molecule has 25 heavy (non-hydrogen) atoms. The molecule has 0 aromatic heterocycles. The van der Waals surface area contributed by atoms with Gasteiger partial charge in [0.25, 0.3) is 5.91 Å². The van der Waals surface area contributed by atoms with Crippen LogP contribution in [-0.4, -0.2) is 57.6 Å². The highest BCUT2D eigenvalue weighted by Crippen LogP contribution is 2.18. The molecule has 2 rings (SSSR count). The van der Waals surface area contributed by atoms with Crippen molar-refractivity contribution in [2.75, 3.05) is 38.3 Å². The van der Waals surface area contributed by atoms with E-state index in [-0.39, 0.29) is 17.9 Å². The number of benzene rings is 1. The van der Waals surface area contributed by atoms with Gasteiger partial charge in [-0.25, -0.2) is 17.5 Å². The molecule has 1 aliphatic rings. The summed E-state index contributed by atoms with van der Waals surface area (Å²) in [6, 6.07) is 6.24. The molecular weight excluding hydrogens is 344 g/mol. The standard InChI is InChI=1S/C16H24N4O4S/c1-17-15(21)13-6-3-7-14(9-13)19-16(22)18-10-12-5-4-8-20(11-12)25(2,23)24/h3,6-7,9,12H,4-5,8,10-11H2,1-2H3,(H,17,21)(H2,18,19,22)/t12-/m1/s1. The van der Waals surface area contributed by atoms with E-state index in [0.29, 0.717) is 30.9 Å². The molecule has 0 unspecified atom stereocenters. The van der Waals surface area contributed by atoms with Gasteiger partial charge in [0.2, 0.25) is 10.0 Å². The lowest BCUT2D eigenvalue weighted by atomic mass is 10.00. The molecular formula is C16H24N4O4S. The quantitative estimate of drug-likeness (QED) is 0.716. The van der Waals surface area contributed by atoms with Gasteiger partial charge in [-0.3, -0.25) is 4.79 Å². The number of amides is 3. The highest BCUT2D eigenvalue weighted by Gasteiger charge is 2.25. The minimum Gasteiger partial charge on any atom is -0.355 e. The van der Waals surface area contributed by atoms with E-state index in [2.05, 4.69) is 16.0 Å². The fourth-order valence-electron chi connectivity index (χ4n) is 2.79. The second-order valence-corrected chi connectivity index (χ2v) is 8.11. The summed E-state index contributed by atoms with van der Waals surface area (Å²) in [5.74, 6) is -0.140. The number of urea groups is 1. The fourth-order valence-corrected chi connectivity index (χ4v) is 3.73. The molecule has 0 bridgehead atoms. The van der Waals surface area contributed by atoms with E-state index in [4.69, 9.17) is 0 Å². The molecule has 3 N–H and O–H groups in total. The molecule has 1 aliphatic heterocycles. The number of nitrogens with one attached hydrogen (secondary N) is 3. The predicted octanol–water partition coefficient (Wildman–Crippen LogP) is 0.839. The second-order valence-electron chi connectivity index (χ2n) is 6.12. The number of anilines is 1. The molecule has 0 saturated carbocycles. The third-order valence-corrected chi connectivity index (χ3v) is 5.38. The summed E-state index contributed by atoms with van der Waals surface area (Å²) in [6.45, 7) is 1.35. The van der Waals surface area contributed by atoms with Crippen molar-refractivity contribution in [1.82, 2.24) is 14.9 Å². The molecule has 1 aromatic rings. The molecule has 3 amide bonds. The maximum absolute atomic E-state index is 12.0. The van der Waals surface area contributed by atoms with Gasteiger partial charge in [0, 0.05) is 37.9 Å². The summed E-state index contributed by atoms with van der Waals surface area (Å²) in [5, 5.41) is 7.97. The van der Waals surface area contributed by atoms with Gasteiger partial charge < -0.3 is 16.0 Å². The van der Waals surface area contributed by atoms with Crippen LogP contribution < -0.4 is 16.0 Å². The van der Waals surface area contributed by atoms with Crippen LogP contribution in [0.15, 0.2) is 24.3 Å². The number of nitrogens with zero attached hydrogens (tertiary/aromatic N) is 1. The summed E-state index contributed by atoms with van der Waals surface area (Å²) in [7, 11) is -1.65. The molecule has 1 aromatic carbocycles. The van der Waals surface area contributed by atoms with Gasteiger partial charge in [-0.05, 0) is 37.0 Å². The van der Waals surface area contributed by atoms with Gasteiger partial charge in [0.1, 0.15) is 0 Å². The van der Waals surface area contributed by atoms with Gasteiger partial charge in [0.15, 0.2) is 0 Å². The normalized spacial score (nSPS) is 18.4. The monoisotopic (exact) mass is 368 g/mol. The van der Waals surface area contributed by atoms with Crippen molar-refractivity contribution in [3.8, 4) is 0 Å². The van der Waals surface area contributed by atoms with Crippen LogP contribution in [0.2, 0.25) is 0 Å². The van der Waals surface area contributed by atoms with Crippen molar-refractivity contribution < 1.29 is 18.0 Å². The number of carbonyl (C=O) groups excluding carboxylic acids is 2. The molecule has 8 nitrogen and oxygen atoms in total. The van der Waals surface area contributed by atoms with Crippen LogP contribution in [0.4, 0.5) is 10.5 Å². The zero-order chi connectivity index (χ0) is 18.4. The number of hydrogen-bond acceptors (Lipinski definition) is 4. The largest absolute Gasteiger partial charge is 0.355 e. The lowest BCUT2D eigenvalue weighted by Crippen LogP contribution is -2.43. The van der Waals surface area contributed by atoms with Crippen LogP contribution >= 0.6 is 0 Å². The van der Waals surface area contributed by atoms with E-state index >= 15 is 0 Å². The summed E-state index contributed by atoms with van der Waals surface area (Å²) >= 11 is 0. The first-order valence-corrected chi connectivity index (χ1v) is 9.96. The summed E-state index contributed by atoms with van der Waals surface area (Å²) in [6.07, 6.45) is 2.86. The minimum absolute atomic E-state index is 0.0893. The van der Waals surface area contributed by atoms with E-state index in [1.807, 2.05) is 0 Å². The Hall–Kier alpha value is -2.13. The van der Waals surface area contributed by atoms with E-state index < -0.39 is 10.0 Å². The molecule has 9 heteroatoms.